The number of hydrogen-bond acceptors (Lipinski definition) is 3. The van der Waals surface area contributed by atoms with Crippen molar-refractivity contribution in [1.29, 1.82) is 0 Å². The lowest BCUT2D eigenvalue weighted by Gasteiger charge is -2.01. The number of methoxy groups -OCH3 is 1. The summed E-state index contributed by atoms with van der Waals surface area (Å²) < 4.78 is 5.07. The summed E-state index contributed by atoms with van der Waals surface area (Å²) in [5.74, 6) is 0.560. The monoisotopic (exact) mass is 268 g/mol. The second-order valence-electron chi connectivity index (χ2n) is 4.34. The molecule has 0 aliphatic rings. The molecule has 0 aromatic heterocycles. The predicted octanol–water partition coefficient (Wildman–Crippen LogP) is 2.77. The molecule has 0 fully saturated rings. The van der Waals surface area contributed by atoms with Gasteiger partial charge in [-0.3, -0.25) is 4.79 Å². The number of ether oxygens (including phenoxy) is 1. The Hall–Kier alpha value is -2.62. The third-order valence-electron chi connectivity index (χ3n) is 2.78. The summed E-state index contributed by atoms with van der Waals surface area (Å²) in [6, 6.07) is 14.8. The number of benzene rings is 2. The average molecular weight is 268 g/mol. The van der Waals surface area contributed by atoms with Crippen LogP contribution in [0.5, 0.6) is 5.75 Å². The summed E-state index contributed by atoms with van der Waals surface area (Å²) in [4.78, 5) is 11.8. The number of carbonyl (C=O) groups is 1. The molecule has 1 amide bonds. The number of rotatable bonds is 4. The highest BCUT2D eigenvalue weighted by molar-refractivity contribution is 5.95. The summed E-state index contributed by atoms with van der Waals surface area (Å²) in [6.45, 7) is 1.94. The summed E-state index contributed by atoms with van der Waals surface area (Å²) in [6.07, 6.45) is 1.59. The quantitative estimate of drug-likeness (QED) is 0.684. The minimum atomic E-state index is -0.224. The fourth-order valence-corrected chi connectivity index (χ4v) is 1.71. The Bertz CT molecular complexity index is 619. The van der Waals surface area contributed by atoms with Gasteiger partial charge in [0, 0.05) is 5.56 Å². The van der Waals surface area contributed by atoms with Gasteiger partial charge in [-0.2, -0.15) is 5.10 Å². The van der Waals surface area contributed by atoms with Crippen LogP contribution in [0.2, 0.25) is 0 Å². The van der Waals surface area contributed by atoms with Gasteiger partial charge in [-0.15, -0.1) is 0 Å². The minimum absolute atomic E-state index is 0.224. The van der Waals surface area contributed by atoms with Crippen molar-refractivity contribution in [2.75, 3.05) is 7.11 Å². The van der Waals surface area contributed by atoms with E-state index >= 15 is 0 Å². The Morgan fingerprint density at radius 3 is 2.60 bits per heavy atom. The molecule has 0 heterocycles. The van der Waals surface area contributed by atoms with Gasteiger partial charge in [0.2, 0.25) is 0 Å². The van der Waals surface area contributed by atoms with Crippen LogP contribution in [0.4, 0.5) is 0 Å². The number of hydrazone groups is 1. The van der Waals surface area contributed by atoms with Gasteiger partial charge >= 0.3 is 0 Å². The average Bonchev–Trinajstić information content (AvgIpc) is 2.48. The van der Waals surface area contributed by atoms with Crippen molar-refractivity contribution in [2.24, 2.45) is 5.10 Å². The first-order chi connectivity index (χ1) is 9.69. The van der Waals surface area contributed by atoms with Gasteiger partial charge in [-0.1, -0.05) is 17.7 Å². The van der Waals surface area contributed by atoms with E-state index in [0.29, 0.717) is 5.56 Å². The maximum Gasteiger partial charge on any atom is 0.271 e. The van der Waals surface area contributed by atoms with Gasteiger partial charge in [0.1, 0.15) is 5.75 Å². The maximum atomic E-state index is 11.8. The molecule has 4 heteroatoms. The van der Waals surface area contributed by atoms with Crippen LogP contribution in [0.25, 0.3) is 0 Å². The van der Waals surface area contributed by atoms with E-state index in [0.717, 1.165) is 16.9 Å². The van der Waals surface area contributed by atoms with Gasteiger partial charge in [-0.05, 0) is 48.9 Å². The first-order valence-electron chi connectivity index (χ1n) is 6.23. The molecular weight excluding hydrogens is 252 g/mol. The minimum Gasteiger partial charge on any atom is -0.497 e. The Labute approximate surface area is 118 Å². The topological polar surface area (TPSA) is 50.7 Å². The predicted molar refractivity (Wildman–Crippen MR) is 79.2 cm³/mol. The highest BCUT2D eigenvalue weighted by Gasteiger charge is 2.03. The SMILES string of the molecule is COc1ccc(/C=N/NC(=O)c2cccc(C)c2)cc1. The van der Waals surface area contributed by atoms with Crippen LogP contribution in [-0.2, 0) is 0 Å². The van der Waals surface area contributed by atoms with Crippen LogP contribution in [-0.4, -0.2) is 19.2 Å². The molecule has 0 saturated heterocycles. The van der Waals surface area contributed by atoms with E-state index < -0.39 is 0 Å². The molecule has 0 aliphatic carbocycles. The zero-order chi connectivity index (χ0) is 14.4. The smallest absolute Gasteiger partial charge is 0.271 e. The molecule has 1 N–H and O–H groups in total. The first-order valence-corrected chi connectivity index (χ1v) is 6.23. The Morgan fingerprint density at radius 2 is 1.95 bits per heavy atom. The van der Waals surface area contributed by atoms with Crippen molar-refractivity contribution >= 4 is 12.1 Å². The van der Waals surface area contributed by atoms with E-state index in [2.05, 4.69) is 10.5 Å². The normalized spacial score (nSPS) is 10.5. The van der Waals surface area contributed by atoms with Crippen LogP contribution in [0, 0.1) is 6.92 Å². The van der Waals surface area contributed by atoms with E-state index in [1.165, 1.54) is 0 Å². The molecule has 0 radical (unpaired) electrons. The lowest BCUT2D eigenvalue weighted by atomic mass is 10.1. The molecule has 102 valence electrons. The summed E-state index contributed by atoms with van der Waals surface area (Å²) in [7, 11) is 1.62. The lowest BCUT2D eigenvalue weighted by Crippen LogP contribution is -2.17. The van der Waals surface area contributed by atoms with E-state index in [-0.39, 0.29) is 5.91 Å². The molecule has 2 aromatic rings. The number of aryl methyl sites for hydroxylation is 1. The molecule has 0 unspecified atom stereocenters. The fraction of sp³-hybridized carbons (Fsp3) is 0.125. The van der Waals surface area contributed by atoms with Crippen molar-refractivity contribution in [2.45, 2.75) is 6.92 Å². The van der Waals surface area contributed by atoms with Crippen LogP contribution in [0.15, 0.2) is 53.6 Å². The summed E-state index contributed by atoms with van der Waals surface area (Å²) in [5, 5.41) is 3.94. The third-order valence-corrected chi connectivity index (χ3v) is 2.78. The molecule has 0 atom stereocenters. The van der Waals surface area contributed by atoms with E-state index in [4.69, 9.17) is 4.74 Å². The molecule has 2 rings (SSSR count). The summed E-state index contributed by atoms with van der Waals surface area (Å²) in [5.41, 5.74) is 5.02. The second-order valence-corrected chi connectivity index (χ2v) is 4.34. The van der Waals surface area contributed by atoms with Crippen LogP contribution in [0.1, 0.15) is 21.5 Å². The van der Waals surface area contributed by atoms with E-state index in [1.54, 1.807) is 19.4 Å². The molecule has 0 bridgehead atoms. The van der Waals surface area contributed by atoms with Crippen LogP contribution in [0.3, 0.4) is 0 Å². The van der Waals surface area contributed by atoms with Gasteiger partial charge in [0.05, 0.1) is 13.3 Å². The van der Waals surface area contributed by atoms with E-state index in [9.17, 15) is 4.79 Å². The van der Waals surface area contributed by atoms with Gasteiger partial charge in [0.25, 0.3) is 5.91 Å². The maximum absolute atomic E-state index is 11.8. The third kappa shape index (κ3) is 3.68. The number of nitrogens with one attached hydrogen (secondary N) is 1. The van der Waals surface area contributed by atoms with Gasteiger partial charge in [-0.25, -0.2) is 5.43 Å². The van der Waals surface area contributed by atoms with Crippen molar-refractivity contribution in [3.05, 3.63) is 65.2 Å². The van der Waals surface area contributed by atoms with Crippen molar-refractivity contribution in [3.8, 4) is 5.75 Å². The van der Waals surface area contributed by atoms with Crippen LogP contribution < -0.4 is 10.2 Å². The summed E-state index contributed by atoms with van der Waals surface area (Å²) >= 11 is 0. The van der Waals surface area contributed by atoms with Crippen molar-refractivity contribution < 1.29 is 9.53 Å². The molecule has 20 heavy (non-hydrogen) atoms. The second kappa shape index (κ2) is 6.52. The Balaban J connectivity index is 1.97. The number of amides is 1. The fourth-order valence-electron chi connectivity index (χ4n) is 1.71. The largest absolute Gasteiger partial charge is 0.497 e. The number of carbonyl (C=O) groups excluding carboxylic acids is 1. The number of hydrogen-bond donors (Lipinski definition) is 1. The highest BCUT2D eigenvalue weighted by Crippen LogP contribution is 2.09. The highest BCUT2D eigenvalue weighted by atomic mass is 16.5. The molecular formula is C16H16N2O2. The zero-order valence-electron chi connectivity index (χ0n) is 11.5. The molecule has 0 saturated carbocycles. The Kier molecular flexibility index (Phi) is 4.50. The first kappa shape index (κ1) is 13.8. The number of nitrogens with zero attached hydrogens (tertiary/aromatic N) is 1. The lowest BCUT2D eigenvalue weighted by molar-refractivity contribution is 0.0955. The molecule has 4 nitrogen and oxygen atoms in total. The molecule has 0 spiro atoms. The van der Waals surface area contributed by atoms with E-state index in [1.807, 2.05) is 49.4 Å². The van der Waals surface area contributed by atoms with Crippen LogP contribution >= 0.6 is 0 Å². The Morgan fingerprint density at radius 1 is 1.20 bits per heavy atom. The van der Waals surface area contributed by atoms with Gasteiger partial charge < -0.3 is 4.74 Å². The molecule has 0 aliphatic heterocycles. The van der Waals surface area contributed by atoms with Gasteiger partial charge in [0.15, 0.2) is 0 Å². The van der Waals surface area contributed by atoms with Crippen molar-refractivity contribution in [3.63, 3.8) is 0 Å². The molecule has 2 aromatic carbocycles. The van der Waals surface area contributed by atoms with Crippen molar-refractivity contribution in [1.82, 2.24) is 5.43 Å². The zero-order valence-corrected chi connectivity index (χ0v) is 11.5. The standard InChI is InChI=1S/C16H16N2O2/c1-12-4-3-5-14(10-12)16(19)18-17-11-13-6-8-15(20-2)9-7-13/h3-11H,1-2H3,(H,18,19)/b17-11+.